The fourth-order valence-electron chi connectivity index (χ4n) is 3.10. The Kier molecular flexibility index (Phi) is 8.18. The zero-order chi connectivity index (χ0) is 24.9. The lowest BCUT2D eigenvalue weighted by Crippen LogP contribution is -2.10. The fraction of sp³-hybridized carbons (Fsp3) is 0.160. The molecule has 0 N–H and O–H groups in total. The van der Waals surface area contributed by atoms with E-state index in [0.29, 0.717) is 22.4 Å². The van der Waals surface area contributed by atoms with Gasteiger partial charge in [-0.25, -0.2) is 4.98 Å². The van der Waals surface area contributed by atoms with Crippen molar-refractivity contribution in [3.8, 4) is 11.8 Å². The Labute approximate surface area is 207 Å². The van der Waals surface area contributed by atoms with Gasteiger partial charge in [-0.3, -0.25) is 4.79 Å². The van der Waals surface area contributed by atoms with Crippen LogP contribution in [0.3, 0.4) is 0 Å². The molecule has 9 heteroatoms. The van der Waals surface area contributed by atoms with Crippen molar-refractivity contribution in [3.05, 3.63) is 92.6 Å². The monoisotopic (exact) mass is 546 g/mol. The van der Waals surface area contributed by atoms with Crippen molar-refractivity contribution in [2.24, 2.45) is 0 Å². The maximum atomic E-state index is 13.2. The third-order valence-electron chi connectivity index (χ3n) is 4.79. The number of carbonyl (C=O) groups excluding carboxylic acids is 1. The topological polar surface area (TPSA) is 63.0 Å². The first kappa shape index (κ1) is 25.5. The van der Waals surface area contributed by atoms with Crippen molar-refractivity contribution >= 4 is 39.6 Å². The molecule has 0 aliphatic heterocycles. The molecular formula is C25H18BrF3N2O2S. The lowest BCUT2D eigenvalue weighted by atomic mass is 10.1. The smallest absolute Gasteiger partial charge is 0.433 e. The van der Waals surface area contributed by atoms with Gasteiger partial charge in [0.05, 0.1) is 12.7 Å². The van der Waals surface area contributed by atoms with Crippen LogP contribution < -0.4 is 4.74 Å². The molecule has 0 amide bonds. The molecule has 0 bridgehead atoms. The first-order chi connectivity index (χ1) is 16.1. The third kappa shape index (κ3) is 6.27. The minimum Gasteiger partial charge on any atom is -0.496 e. The summed E-state index contributed by atoms with van der Waals surface area (Å²) in [5.41, 5.74) is 1.21. The van der Waals surface area contributed by atoms with Crippen LogP contribution >= 0.6 is 27.7 Å². The average Bonchev–Trinajstić information content (AvgIpc) is 2.80. The molecule has 0 saturated heterocycles. The van der Waals surface area contributed by atoms with Crippen molar-refractivity contribution in [3.63, 3.8) is 0 Å². The number of ketones is 1. The molecule has 2 aromatic carbocycles. The van der Waals surface area contributed by atoms with Crippen LogP contribution in [0.15, 0.2) is 64.1 Å². The Morgan fingerprint density at radius 2 is 2.00 bits per heavy atom. The number of thioether (sulfide) groups is 1. The maximum Gasteiger partial charge on any atom is 0.433 e. The summed E-state index contributed by atoms with van der Waals surface area (Å²) < 4.78 is 45.8. The molecule has 0 aliphatic carbocycles. The number of allylic oxidation sites excluding steroid dienone is 1. The van der Waals surface area contributed by atoms with Gasteiger partial charge >= 0.3 is 6.18 Å². The molecule has 0 fully saturated rings. The third-order valence-corrected chi connectivity index (χ3v) is 6.31. The molecule has 0 aliphatic rings. The van der Waals surface area contributed by atoms with Gasteiger partial charge in [0.15, 0.2) is 5.78 Å². The van der Waals surface area contributed by atoms with E-state index in [-0.39, 0.29) is 27.7 Å². The number of aromatic nitrogens is 1. The first-order valence-electron chi connectivity index (χ1n) is 9.89. The number of nitriles is 1. The number of hydrogen-bond acceptors (Lipinski definition) is 5. The van der Waals surface area contributed by atoms with E-state index in [1.54, 1.807) is 42.5 Å². The van der Waals surface area contributed by atoms with Crippen LogP contribution in [-0.2, 0) is 11.9 Å². The quantitative estimate of drug-likeness (QED) is 0.177. The van der Waals surface area contributed by atoms with Crippen molar-refractivity contribution in [1.82, 2.24) is 4.98 Å². The van der Waals surface area contributed by atoms with Crippen LogP contribution in [0.25, 0.3) is 6.08 Å². The lowest BCUT2D eigenvalue weighted by Gasteiger charge is -2.13. The Balaban J connectivity index is 1.86. The minimum atomic E-state index is -4.61. The molecular weight excluding hydrogens is 529 g/mol. The number of nitrogens with zero attached hydrogens (tertiary/aromatic N) is 2. The SMILES string of the molecule is COc1ccc(/C=C/C(=O)c2cccc(Br)c2)cc1CSc1nc(C(F)(F)F)cc(C)c1C#N. The second-order valence-electron chi connectivity index (χ2n) is 7.18. The van der Waals surface area contributed by atoms with E-state index < -0.39 is 11.9 Å². The number of aryl methyl sites for hydroxylation is 1. The van der Waals surface area contributed by atoms with Gasteiger partial charge in [-0.1, -0.05) is 40.2 Å². The molecule has 4 nitrogen and oxygen atoms in total. The van der Waals surface area contributed by atoms with Gasteiger partial charge in [-0.2, -0.15) is 18.4 Å². The van der Waals surface area contributed by atoms with E-state index in [4.69, 9.17) is 4.74 Å². The van der Waals surface area contributed by atoms with Crippen LogP contribution in [0.5, 0.6) is 5.75 Å². The van der Waals surface area contributed by atoms with Crippen LogP contribution in [0.4, 0.5) is 13.2 Å². The number of carbonyl (C=O) groups is 1. The summed E-state index contributed by atoms with van der Waals surface area (Å²) in [6, 6.07) is 15.1. The number of rotatable bonds is 7. The van der Waals surface area contributed by atoms with Gasteiger partial charge in [0.2, 0.25) is 0 Å². The van der Waals surface area contributed by atoms with Crippen LogP contribution in [0.1, 0.15) is 38.3 Å². The second-order valence-corrected chi connectivity index (χ2v) is 9.06. The van der Waals surface area contributed by atoms with E-state index >= 15 is 0 Å². The second kappa shape index (κ2) is 10.9. The molecule has 0 unspecified atom stereocenters. The van der Waals surface area contributed by atoms with Gasteiger partial charge in [0, 0.05) is 21.4 Å². The molecule has 0 spiro atoms. The minimum absolute atomic E-state index is 0.00246. The largest absolute Gasteiger partial charge is 0.496 e. The Hall–Kier alpha value is -3.09. The predicted octanol–water partition coefficient (Wildman–Crippen LogP) is 7.24. The number of hydrogen-bond donors (Lipinski definition) is 0. The summed E-state index contributed by atoms with van der Waals surface area (Å²) in [5, 5.41) is 9.42. The number of alkyl halides is 3. The van der Waals surface area contributed by atoms with Gasteiger partial charge < -0.3 is 4.74 Å². The van der Waals surface area contributed by atoms with E-state index in [0.717, 1.165) is 22.3 Å². The molecule has 0 radical (unpaired) electrons. The molecule has 174 valence electrons. The van der Waals surface area contributed by atoms with E-state index in [2.05, 4.69) is 20.9 Å². The van der Waals surface area contributed by atoms with E-state index in [9.17, 15) is 23.2 Å². The standard InChI is InChI=1S/C25H18BrF3N2O2S/c1-15-10-23(25(27,28)29)31-24(20(15)13-30)34-14-18-11-16(7-9-22(18)33-2)6-8-21(32)17-4-3-5-19(26)12-17/h3-12H,14H2,1-2H3/b8-6+. The highest BCUT2D eigenvalue weighted by atomic mass is 79.9. The Morgan fingerprint density at radius 3 is 2.65 bits per heavy atom. The van der Waals surface area contributed by atoms with Crippen molar-refractivity contribution < 1.29 is 22.7 Å². The highest BCUT2D eigenvalue weighted by molar-refractivity contribution is 9.10. The van der Waals surface area contributed by atoms with Gasteiger partial charge in [-0.05, 0) is 54.5 Å². The molecule has 34 heavy (non-hydrogen) atoms. The summed E-state index contributed by atoms with van der Waals surface area (Å²) in [6.07, 6.45) is -1.51. The summed E-state index contributed by atoms with van der Waals surface area (Å²) in [5.74, 6) is 0.577. The van der Waals surface area contributed by atoms with Gasteiger partial charge in [-0.15, -0.1) is 11.8 Å². The number of halogens is 4. The molecule has 3 aromatic rings. The number of ether oxygens (including phenoxy) is 1. The van der Waals surface area contributed by atoms with Crippen molar-refractivity contribution in [2.45, 2.75) is 23.9 Å². The zero-order valence-corrected chi connectivity index (χ0v) is 20.5. The highest BCUT2D eigenvalue weighted by Gasteiger charge is 2.34. The Bertz CT molecular complexity index is 1300. The van der Waals surface area contributed by atoms with Gasteiger partial charge in [0.1, 0.15) is 22.5 Å². The fourth-order valence-corrected chi connectivity index (χ4v) is 4.53. The molecule has 1 heterocycles. The highest BCUT2D eigenvalue weighted by Crippen LogP contribution is 2.35. The number of methoxy groups -OCH3 is 1. The first-order valence-corrected chi connectivity index (χ1v) is 11.7. The van der Waals surface area contributed by atoms with Crippen LogP contribution in [-0.4, -0.2) is 17.9 Å². The number of benzene rings is 2. The molecule has 1 aromatic heterocycles. The summed E-state index contributed by atoms with van der Waals surface area (Å²) in [7, 11) is 1.49. The normalized spacial score (nSPS) is 11.4. The van der Waals surface area contributed by atoms with Gasteiger partial charge in [0.25, 0.3) is 0 Å². The van der Waals surface area contributed by atoms with Crippen LogP contribution in [0.2, 0.25) is 0 Å². The van der Waals surface area contributed by atoms with Crippen molar-refractivity contribution in [1.29, 1.82) is 5.26 Å². The molecule has 3 rings (SSSR count). The number of pyridine rings is 1. The summed E-state index contributed by atoms with van der Waals surface area (Å²) in [4.78, 5) is 16.1. The average molecular weight is 547 g/mol. The van der Waals surface area contributed by atoms with E-state index in [1.165, 1.54) is 20.1 Å². The van der Waals surface area contributed by atoms with Crippen LogP contribution in [0, 0.1) is 18.3 Å². The summed E-state index contributed by atoms with van der Waals surface area (Å²) in [6.45, 7) is 1.45. The van der Waals surface area contributed by atoms with Crippen molar-refractivity contribution in [2.75, 3.05) is 7.11 Å². The summed E-state index contributed by atoms with van der Waals surface area (Å²) >= 11 is 4.36. The Morgan fingerprint density at radius 1 is 1.24 bits per heavy atom. The molecule has 0 saturated carbocycles. The predicted molar refractivity (Wildman–Crippen MR) is 129 cm³/mol. The molecule has 0 atom stereocenters. The lowest BCUT2D eigenvalue weighted by molar-refractivity contribution is -0.141. The van der Waals surface area contributed by atoms with E-state index in [1.807, 2.05) is 12.1 Å². The zero-order valence-electron chi connectivity index (χ0n) is 18.1. The maximum absolute atomic E-state index is 13.2.